The third-order valence-corrected chi connectivity index (χ3v) is 6.56. The second-order valence-corrected chi connectivity index (χ2v) is 9.24. The molecule has 3 aromatic rings. The molecule has 0 spiro atoms. The molecule has 0 aliphatic carbocycles. The van der Waals surface area contributed by atoms with E-state index in [1.165, 1.54) is 5.56 Å². The third kappa shape index (κ3) is 4.68. The van der Waals surface area contributed by atoms with Crippen LogP contribution >= 0.6 is 27.7 Å². The fourth-order valence-electron chi connectivity index (χ4n) is 3.58. The first kappa shape index (κ1) is 22.7. The number of carbonyl (C=O) groups is 1. The molecule has 0 bridgehead atoms. The van der Waals surface area contributed by atoms with Crippen LogP contribution in [0.5, 0.6) is 5.75 Å². The van der Waals surface area contributed by atoms with Crippen LogP contribution in [0.4, 0.5) is 0 Å². The number of nitrogens with zero attached hydrogens (tertiary/aromatic N) is 2. The Hall–Kier alpha value is -1.96. The SMILES string of the molecule is CCOC(=O)c1c(CSCc2ccccc2)n(C)c2cc(Br)c(O)c(CN(C)C)c12. The van der Waals surface area contributed by atoms with E-state index in [-0.39, 0.29) is 11.7 Å². The van der Waals surface area contributed by atoms with Crippen LogP contribution in [-0.4, -0.2) is 41.2 Å². The van der Waals surface area contributed by atoms with Crippen LogP contribution in [-0.2, 0) is 29.8 Å². The Kier molecular flexibility index (Phi) is 7.50. The third-order valence-electron chi connectivity index (χ3n) is 4.94. The Bertz CT molecular complexity index is 1050. The summed E-state index contributed by atoms with van der Waals surface area (Å²) in [5.74, 6) is 1.33. The van der Waals surface area contributed by atoms with Crippen molar-refractivity contribution in [2.45, 2.75) is 25.0 Å². The minimum Gasteiger partial charge on any atom is -0.506 e. The molecule has 7 heteroatoms. The van der Waals surface area contributed by atoms with Crippen molar-refractivity contribution in [2.24, 2.45) is 7.05 Å². The van der Waals surface area contributed by atoms with Gasteiger partial charge < -0.3 is 19.3 Å². The first-order valence-corrected chi connectivity index (χ1v) is 11.7. The van der Waals surface area contributed by atoms with Crippen LogP contribution in [0.2, 0.25) is 0 Å². The normalized spacial score (nSPS) is 11.4. The van der Waals surface area contributed by atoms with Gasteiger partial charge in [-0.25, -0.2) is 4.79 Å². The minimum atomic E-state index is -0.347. The van der Waals surface area contributed by atoms with Crippen LogP contribution in [0.25, 0.3) is 10.9 Å². The lowest BCUT2D eigenvalue weighted by Crippen LogP contribution is -2.13. The fourth-order valence-corrected chi connectivity index (χ4v) is 5.10. The molecule has 30 heavy (non-hydrogen) atoms. The summed E-state index contributed by atoms with van der Waals surface area (Å²) in [5.41, 5.74) is 4.32. The number of carbonyl (C=O) groups excluding carboxylic acids is 1. The van der Waals surface area contributed by atoms with Gasteiger partial charge in [0, 0.05) is 41.7 Å². The first-order chi connectivity index (χ1) is 14.3. The van der Waals surface area contributed by atoms with Crippen LogP contribution in [0.3, 0.4) is 0 Å². The monoisotopic (exact) mass is 490 g/mol. The summed E-state index contributed by atoms with van der Waals surface area (Å²) in [7, 11) is 5.85. The van der Waals surface area contributed by atoms with E-state index < -0.39 is 0 Å². The first-order valence-electron chi connectivity index (χ1n) is 9.80. The molecule has 0 unspecified atom stereocenters. The van der Waals surface area contributed by atoms with Gasteiger partial charge in [-0.05, 0) is 48.6 Å². The number of phenolic OH excluding ortho intramolecular Hbond substituents is 1. The quantitative estimate of drug-likeness (QED) is 0.433. The maximum Gasteiger partial charge on any atom is 0.340 e. The molecule has 1 N–H and O–H groups in total. The highest BCUT2D eigenvalue weighted by Crippen LogP contribution is 2.40. The lowest BCUT2D eigenvalue weighted by molar-refractivity contribution is 0.0527. The van der Waals surface area contributed by atoms with Gasteiger partial charge in [-0.3, -0.25) is 0 Å². The van der Waals surface area contributed by atoms with E-state index in [0.717, 1.165) is 27.9 Å². The lowest BCUT2D eigenvalue weighted by atomic mass is 10.0. The number of rotatable bonds is 8. The number of esters is 1. The summed E-state index contributed by atoms with van der Waals surface area (Å²) in [6, 6.07) is 12.1. The van der Waals surface area contributed by atoms with Crippen molar-refractivity contribution < 1.29 is 14.6 Å². The number of phenols is 1. The van der Waals surface area contributed by atoms with Gasteiger partial charge in [0.05, 0.1) is 22.2 Å². The maximum atomic E-state index is 13.0. The standard InChI is InChI=1S/C23H27BrN2O3S/c1-5-29-23(28)21-19(14-30-13-15-9-7-6-8-10-15)26(4)18-11-17(24)22(27)16(20(18)21)12-25(2)3/h6-11,27H,5,12-14H2,1-4H3. The highest BCUT2D eigenvalue weighted by molar-refractivity contribution is 9.10. The zero-order valence-electron chi connectivity index (χ0n) is 17.7. The van der Waals surface area contributed by atoms with Crippen molar-refractivity contribution >= 4 is 44.6 Å². The van der Waals surface area contributed by atoms with Crippen LogP contribution < -0.4 is 0 Å². The summed E-state index contributed by atoms with van der Waals surface area (Å²) >= 11 is 5.23. The van der Waals surface area contributed by atoms with E-state index in [4.69, 9.17) is 4.74 Å². The van der Waals surface area contributed by atoms with Crippen molar-refractivity contribution in [3.05, 3.63) is 63.3 Å². The molecule has 5 nitrogen and oxygen atoms in total. The van der Waals surface area contributed by atoms with E-state index >= 15 is 0 Å². The number of halogens is 1. The van der Waals surface area contributed by atoms with Crippen LogP contribution in [0.15, 0.2) is 40.9 Å². The summed E-state index contributed by atoms with van der Waals surface area (Å²) in [5, 5.41) is 11.5. The minimum absolute atomic E-state index is 0.163. The average Bonchev–Trinajstić information content (AvgIpc) is 2.98. The van der Waals surface area contributed by atoms with Gasteiger partial charge in [0.15, 0.2) is 0 Å². The molecule has 1 heterocycles. The number of aryl methyl sites for hydroxylation is 1. The van der Waals surface area contributed by atoms with Crippen LogP contribution in [0.1, 0.15) is 34.1 Å². The molecule has 0 amide bonds. The van der Waals surface area contributed by atoms with Gasteiger partial charge in [0.25, 0.3) is 0 Å². The molecule has 0 saturated heterocycles. The predicted octanol–water partition coefficient (Wildman–Crippen LogP) is 5.32. The van der Waals surface area contributed by atoms with Gasteiger partial charge in [-0.2, -0.15) is 11.8 Å². The molecule has 0 atom stereocenters. The molecular weight excluding hydrogens is 464 g/mol. The average molecular weight is 491 g/mol. The van der Waals surface area contributed by atoms with E-state index in [2.05, 4.69) is 28.1 Å². The maximum absolute atomic E-state index is 13.0. The number of fused-ring (bicyclic) bond motifs is 1. The topological polar surface area (TPSA) is 54.7 Å². The Morgan fingerprint density at radius 1 is 1.23 bits per heavy atom. The highest BCUT2D eigenvalue weighted by Gasteiger charge is 2.27. The number of aromatic hydroxyl groups is 1. The number of hydrogen-bond acceptors (Lipinski definition) is 5. The molecule has 0 radical (unpaired) electrons. The summed E-state index contributed by atoms with van der Waals surface area (Å²) < 4.78 is 8.08. The van der Waals surface area contributed by atoms with E-state index in [0.29, 0.717) is 28.9 Å². The Labute approximate surface area is 190 Å². The molecule has 0 aliphatic rings. The van der Waals surface area contributed by atoms with Gasteiger partial charge in [-0.15, -0.1) is 0 Å². The zero-order chi connectivity index (χ0) is 21.8. The predicted molar refractivity (Wildman–Crippen MR) is 127 cm³/mol. The summed E-state index contributed by atoms with van der Waals surface area (Å²) in [6.07, 6.45) is 0. The smallest absolute Gasteiger partial charge is 0.340 e. The Morgan fingerprint density at radius 2 is 1.93 bits per heavy atom. The second-order valence-electron chi connectivity index (χ2n) is 7.40. The van der Waals surface area contributed by atoms with Crippen LogP contribution in [0, 0.1) is 0 Å². The Morgan fingerprint density at radius 3 is 2.57 bits per heavy atom. The number of ether oxygens (including phenoxy) is 1. The number of aromatic nitrogens is 1. The molecule has 1 aromatic heterocycles. The van der Waals surface area contributed by atoms with E-state index in [9.17, 15) is 9.90 Å². The molecule has 0 saturated carbocycles. The fraction of sp³-hybridized carbons (Fsp3) is 0.348. The van der Waals surface area contributed by atoms with Gasteiger partial charge in [0.1, 0.15) is 5.75 Å². The van der Waals surface area contributed by atoms with E-state index in [1.807, 2.05) is 61.8 Å². The van der Waals surface area contributed by atoms with Crippen molar-refractivity contribution in [3.63, 3.8) is 0 Å². The summed E-state index contributed by atoms with van der Waals surface area (Å²) in [6.45, 7) is 2.62. The lowest BCUT2D eigenvalue weighted by Gasteiger charge is -2.15. The van der Waals surface area contributed by atoms with Gasteiger partial charge in [-0.1, -0.05) is 30.3 Å². The van der Waals surface area contributed by atoms with Crippen molar-refractivity contribution in [1.29, 1.82) is 0 Å². The Balaban J connectivity index is 2.11. The molecular formula is C23H27BrN2O3S. The van der Waals surface area contributed by atoms with Gasteiger partial charge in [0.2, 0.25) is 0 Å². The number of thioether (sulfide) groups is 1. The van der Waals surface area contributed by atoms with E-state index in [1.54, 1.807) is 11.8 Å². The summed E-state index contributed by atoms with van der Waals surface area (Å²) in [4.78, 5) is 15.0. The molecule has 160 valence electrons. The number of hydrogen-bond donors (Lipinski definition) is 1. The van der Waals surface area contributed by atoms with Gasteiger partial charge >= 0.3 is 5.97 Å². The highest BCUT2D eigenvalue weighted by atomic mass is 79.9. The largest absolute Gasteiger partial charge is 0.506 e. The number of benzene rings is 2. The zero-order valence-corrected chi connectivity index (χ0v) is 20.1. The molecule has 0 fully saturated rings. The van der Waals surface area contributed by atoms with Crippen molar-refractivity contribution in [1.82, 2.24) is 9.47 Å². The molecule has 2 aromatic carbocycles. The second kappa shape index (κ2) is 9.90. The molecule has 0 aliphatic heterocycles. The molecule has 3 rings (SSSR count). The van der Waals surface area contributed by atoms with Crippen molar-refractivity contribution in [2.75, 3.05) is 20.7 Å². The van der Waals surface area contributed by atoms with Crippen molar-refractivity contribution in [3.8, 4) is 5.75 Å².